The van der Waals surface area contributed by atoms with Crippen LogP contribution in [0.15, 0.2) is 0 Å². The zero-order chi connectivity index (χ0) is 14.6. The lowest BCUT2D eigenvalue weighted by Crippen LogP contribution is -2.55. The molecule has 0 aromatic rings. The molecule has 1 fully saturated rings. The maximum atomic E-state index is 12.0. The molecule has 0 aliphatic carbocycles. The van der Waals surface area contributed by atoms with Crippen LogP contribution in [0.1, 0.15) is 20.3 Å². The molecule has 1 aliphatic heterocycles. The minimum atomic E-state index is -1.40. The van der Waals surface area contributed by atoms with Crippen LogP contribution in [-0.2, 0) is 9.59 Å². The highest BCUT2D eigenvalue weighted by Gasteiger charge is 2.31. The van der Waals surface area contributed by atoms with Crippen LogP contribution in [0.25, 0.3) is 0 Å². The molecule has 0 aromatic carbocycles. The number of hydrogen-bond acceptors (Lipinski definition) is 4. The summed E-state index contributed by atoms with van der Waals surface area (Å²) in [6, 6.07) is -1.94. The Morgan fingerprint density at radius 2 is 2.00 bits per heavy atom. The summed E-state index contributed by atoms with van der Waals surface area (Å²) in [5, 5.41) is 20.0. The summed E-state index contributed by atoms with van der Waals surface area (Å²) < 4.78 is 0. The van der Waals surface area contributed by atoms with E-state index in [2.05, 4.69) is 5.32 Å². The standard InChI is InChI=1S/C11H18N2O5S/c1-6-7(2)19-4-3-13(6)11(18)12-8(10(16)17)5-9(14)15/h6-8H,3-5H2,1-2H3,(H,12,18)(H,14,15)(H,16,17)/t6?,7?,8-/m0/s1. The van der Waals surface area contributed by atoms with Crippen LogP contribution < -0.4 is 5.32 Å². The van der Waals surface area contributed by atoms with Gasteiger partial charge in [0, 0.05) is 23.6 Å². The van der Waals surface area contributed by atoms with Gasteiger partial charge in [0.15, 0.2) is 0 Å². The summed E-state index contributed by atoms with van der Waals surface area (Å²) in [7, 11) is 0. The summed E-state index contributed by atoms with van der Waals surface area (Å²) in [6.07, 6.45) is -0.631. The number of carbonyl (C=O) groups is 3. The number of carboxylic acid groups (broad SMARTS) is 2. The number of aliphatic carboxylic acids is 2. The monoisotopic (exact) mass is 290 g/mol. The fraction of sp³-hybridized carbons (Fsp3) is 0.727. The molecule has 108 valence electrons. The number of hydrogen-bond donors (Lipinski definition) is 3. The first-order valence-electron chi connectivity index (χ1n) is 5.96. The molecule has 8 heteroatoms. The average Bonchev–Trinajstić information content (AvgIpc) is 2.31. The van der Waals surface area contributed by atoms with Gasteiger partial charge < -0.3 is 20.4 Å². The maximum absolute atomic E-state index is 12.0. The largest absolute Gasteiger partial charge is 0.481 e. The zero-order valence-electron chi connectivity index (χ0n) is 10.8. The van der Waals surface area contributed by atoms with Gasteiger partial charge in [0.25, 0.3) is 0 Å². The molecule has 1 heterocycles. The Morgan fingerprint density at radius 1 is 1.37 bits per heavy atom. The van der Waals surface area contributed by atoms with Crippen LogP contribution in [0.3, 0.4) is 0 Å². The third-order valence-corrected chi connectivity index (χ3v) is 4.46. The van der Waals surface area contributed by atoms with Gasteiger partial charge in [0.2, 0.25) is 0 Å². The van der Waals surface area contributed by atoms with Crippen molar-refractivity contribution in [2.75, 3.05) is 12.3 Å². The van der Waals surface area contributed by atoms with Crippen LogP contribution >= 0.6 is 11.8 Å². The number of nitrogens with one attached hydrogen (secondary N) is 1. The van der Waals surface area contributed by atoms with Crippen molar-refractivity contribution in [2.45, 2.75) is 37.6 Å². The number of carboxylic acids is 2. The third kappa shape index (κ3) is 4.30. The topological polar surface area (TPSA) is 107 Å². The SMILES string of the molecule is CC1SCCN(C(=O)N[C@@H](CC(=O)O)C(=O)O)C1C. The Labute approximate surface area is 115 Å². The van der Waals surface area contributed by atoms with Gasteiger partial charge in [-0.2, -0.15) is 11.8 Å². The first-order valence-corrected chi connectivity index (χ1v) is 7.01. The quantitative estimate of drug-likeness (QED) is 0.694. The molecule has 1 rings (SSSR count). The second-order valence-corrected chi connectivity index (χ2v) is 5.93. The van der Waals surface area contributed by atoms with Crippen LogP contribution in [0.2, 0.25) is 0 Å². The van der Waals surface area contributed by atoms with Crippen molar-refractivity contribution in [1.82, 2.24) is 10.2 Å². The Bertz CT molecular complexity index is 376. The average molecular weight is 290 g/mol. The van der Waals surface area contributed by atoms with E-state index >= 15 is 0 Å². The van der Waals surface area contributed by atoms with Crippen molar-refractivity contribution in [2.24, 2.45) is 0 Å². The van der Waals surface area contributed by atoms with E-state index in [4.69, 9.17) is 10.2 Å². The lowest BCUT2D eigenvalue weighted by molar-refractivity contribution is -0.145. The van der Waals surface area contributed by atoms with Crippen molar-refractivity contribution in [3.8, 4) is 0 Å². The van der Waals surface area contributed by atoms with E-state index in [9.17, 15) is 14.4 Å². The van der Waals surface area contributed by atoms with E-state index in [0.717, 1.165) is 5.75 Å². The number of rotatable bonds is 4. The highest BCUT2D eigenvalue weighted by Crippen LogP contribution is 2.24. The predicted molar refractivity (Wildman–Crippen MR) is 70.3 cm³/mol. The zero-order valence-corrected chi connectivity index (χ0v) is 11.6. The van der Waals surface area contributed by atoms with Gasteiger partial charge in [-0.15, -0.1) is 0 Å². The summed E-state index contributed by atoms with van der Waals surface area (Å²) in [6.45, 7) is 4.42. The molecular formula is C11H18N2O5S. The lowest BCUT2D eigenvalue weighted by Gasteiger charge is -2.37. The van der Waals surface area contributed by atoms with E-state index in [1.54, 1.807) is 16.7 Å². The molecule has 0 radical (unpaired) electrons. The Kier molecular flexibility index (Phi) is 5.46. The van der Waals surface area contributed by atoms with Crippen molar-refractivity contribution < 1.29 is 24.6 Å². The van der Waals surface area contributed by atoms with Crippen molar-refractivity contribution in [3.63, 3.8) is 0 Å². The Morgan fingerprint density at radius 3 is 2.53 bits per heavy atom. The second kappa shape index (κ2) is 6.65. The molecule has 7 nitrogen and oxygen atoms in total. The van der Waals surface area contributed by atoms with Gasteiger partial charge in [0.05, 0.1) is 6.42 Å². The molecule has 2 unspecified atom stereocenters. The minimum absolute atomic E-state index is 0.0157. The van der Waals surface area contributed by atoms with E-state index in [-0.39, 0.29) is 11.3 Å². The molecule has 2 amide bonds. The summed E-state index contributed by atoms with van der Waals surface area (Å²) in [4.78, 5) is 35.0. The molecule has 0 saturated carbocycles. The highest BCUT2D eigenvalue weighted by molar-refractivity contribution is 8.00. The van der Waals surface area contributed by atoms with Crippen molar-refractivity contribution in [3.05, 3.63) is 0 Å². The van der Waals surface area contributed by atoms with Gasteiger partial charge >= 0.3 is 18.0 Å². The molecule has 0 aromatic heterocycles. The van der Waals surface area contributed by atoms with E-state index in [0.29, 0.717) is 6.54 Å². The van der Waals surface area contributed by atoms with Gasteiger partial charge in [-0.25, -0.2) is 9.59 Å². The molecule has 3 atom stereocenters. The number of carbonyl (C=O) groups excluding carboxylic acids is 1. The molecule has 19 heavy (non-hydrogen) atoms. The fourth-order valence-electron chi connectivity index (χ4n) is 1.83. The summed E-state index contributed by atoms with van der Waals surface area (Å²) in [5.41, 5.74) is 0. The molecule has 3 N–H and O–H groups in total. The van der Waals surface area contributed by atoms with E-state index in [1.807, 2.05) is 13.8 Å². The number of nitrogens with zero attached hydrogens (tertiary/aromatic N) is 1. The van der Waals surface area contributed by atoms with E-state index < -0.39 is 30.4 Å². The molecule has 0 bridgehead atoms. The van der Waals surface area contributed by atoms with Crippen molar-refractivity contribution in [1.29, 1.82) is 0 Å². The number of urea groups is 1. The molecular weight excluding hydrogens is 272 g/mol. The minimum Gasteiger partial charge on any atom is -0.481 e. The molecule has 1 saturated heterocycles. The first kappa shape index (κ1) is 15.6. The third-order valence-electron chi connectivity index (χ3n) is 3.12. The van der Waals surface area contributed by atoms with Crippen LogP contribution in [-0.4, -0.2) is 62.7 Å². The van der Waals surface area contributed by atoms with Gasteiger partial charge in [-0.3, -0.25) is 4.79 Å². The fourth-order valence-corrected chi connectivity index (χ4v) is 2.93. The Hall–Kier alpha value is -1.44. The van der Waals surface area contributed by atoms with Crippen LogP contribution in [0.4, 0.5) is 4.79 Å². The normalized spacial score (nSPS) is 24.6. The second-order valence-electron chi connectivity index (χ2n) is 4.45. The Balaban J connectivity index is 2.65. The summed E-state index contributed by atoms with van der Waals surface area (Å²) >= 11 is 1.75. The molecule has 0 spiro atoms. The van der Waals surface area contributed by atoms with Gasteiger partial charge in [-0.05, 0) is 6.92 Å². The van der Waals surface area contributed by atoms with Crippen LogP contribution in [0, 0.1) is 0 Å². The maximum Gasteiger partial charge on any atom is 0.326 e. The lowest BCUT2D eigenvalue weighted by atomic mass is 10.2. The van der Waals surface area contributed by atoms with Crippen molar-refractivity contribution >= 4 is 29.7 Å². The summed E-state index contributed by atoms with van der Waals surface area (Å²) in [5.74, 6) is -1.82. The van der Waals surface area contributed by atoms with E-state index in [1.165, 1.54) is 0 Å². The van der Waals surface area contributed by atoms with Gasteiger partial charge in [-0.1, -0.05) is 6.92 Å². The number of thioether (sulfide) groups is 1. The molecule has 1 aliphatic rings. The first-order chi connectivity index (χ1) is 8.82. The predicted octanol–water partition coefficient (Wildman–Crippen LogP) is 0.450. The highest BCUT2D eigenvalue weighted by atomic mass is 32.2. The van der Waals surface area contributed by atoms with Gasteiger partial charge in [0.1, 0.15) is 6.04 Å². The van der Waals surface area contributed by atoms with Crippen LogP contribution in [0.5, 0.6) is 0 Å². The number of amides is 2. The smallest absolute Gasteiger partial charge is 0.326 e.